The van der Waals surface area contributed by atoms with Crippen LogP contribution in [-0.2, 0) is 17.9 Å². The second-order valence-electron chi connectivity index (χ2n) is 9.08. The van der Waals surface area contributed by atoms with E-state index in [1.165, 1.54) is 0 Å². The van der Waals surface area contributed by atoms with Crippen LogP contribution >= 0.6 is 0 Å². The Hall–Kier alpha value is -2.78. The summed E-state index contributed by atoms with van der Waals surface area (Å²) >= 11 is -1.32. The number of amides is 1. The van der Waals surface area contributed by atoms with Crippen molar-refractivity contribution in [3.8, 4) is 22.4 Å². The molecule has 0 bridgehead atoms. The number of carbonyl (C=O) groups is 1. The summed E-state index contributed by atoms with van der Waals surface area (Å²) in [5.41, 5.74) is 10.9. The normalized spacial score (nSPS) is 17.1. The molecule has 0 saturated heterocycles. The summed E-state index contributed by atoms with van der Waals surface area (Å²) in [4.78, 5) is 20.9. The molecule has 1 amide bonds. The van der Waals surface area contributed by atoms with Crippen molar-refractivity contribution in [2.75, 3.05) is 6.61 Å². The Morgan fingerprint density at radius 2 is 1.94 bits per heavy atom. The molecule has 2 aromatic heterocycles. The highest BCUT2D eigenvalue weighted by molar-refractivity contribution is 7.90. The number of pyridine rings is 2. The highest BCUT2D eigenvalue weighted by atomic mass is 32.2. The molecule has 7 nitrogen and oxygen atoms in total. The van der Waals surface area contributed by atoms with Crippen LogP contribution in [-0.4, -0.2) is 41.2 Å². The van der Waals surface area contributed by atoms with Crippen molar-refractivity contribution in [1.29, 1.82) is 0 Å². The van der Waals surface area contributed by atoms with Crippen molar-refractivity contribution < 1.29 is 14.5 Å². The van der Waals surface area contributed by atoms with Crippen LogP contribution in [0, 0.1) is 0 Å². The molecule has 1 aromatic carbocycles. The molecule has 3 heterocycles. The first-order chi connectivity index (χ1) is 15.7. The minimum atomic E-state index is -1.32. The van der Waals surface area contributed by atoms with Crippen molar-refractivity contribution >= 4 is 17.3 Å². The van der Waals surface area contributed by atoms with Crippen molar-refractivity contribution in [3.05, 3.63) is 71.7 Å². The quantitative estimate of drug-likeness (QED) is 0.539. The minimum absolute atomic E-state index is 0.0608. The molecule has 0 radical (unpaired) electrons. The fraction of sp³-hybridized carbons (Fsp3) is 0.320. The van der Waals surface area contributed by atoms with Gasteiger partial charge in [-0.1, -0.05) is 24.3 Å². The highest BCUT2D eigenvalue weighted by Crippen LogP contribution is 2.45. The number of hydrogen-bond donors (Lipinski definition) is 2. The predicted octanol–water partition coefficient (Wildman–Crippen LogP) is 3.61. The van der Waals surface area contributed by atoms with E-state index in [2.05, 4.69) is 9.97 Å². The third-order valence-corrected chi connectivity index (χ3v) is 7.53. The topological polar surface area (TPSA) is 115 Å². The number of benzene rings is 1. The molecule has 0 spiro atoms. The molecule has 0 fully saturated rings. The number of aliphatic hydroxyl groups excluding tert-OH is 1. The van der Waals surface area contributed by atoms with Gasteiger partial charge in [-0.05, 0) is 56.5 Å². The van der Waals surface area contributed by atoms with Gasteiger partial charge in [0.1, 0.15) is 10.4 Å². The van der Waals surface area contributed by atoms with Crippen LogP contribution in [0.1, 0.15) is 54.8 Å². The number of nitrogens with zero attached hydrogens (tertiary/aromatic N) is 3. The molecule has 0 saturated carbocycles. The zero-order chi connectivity index (χ0) is 23.8. The van der Waals surface area contributed by atoms with Gasteiger partial charge in [0, 0.05) is 47.1 Å². The molecule has 33 heavy (non-hydrogen) atoms. The fourth-order valence-electron chi connectivity index (χ4n) is 4.19. The second-order valence-corrected chi connectivity index (χ2v) is 11.3. The van der Waals surface area contributed by atoms with Gasteiger partial charge < -0.3 is 15.4 Å². The molecule has 4 rings (SSSR count). The van der Waals surface area contributed by atoms with Gasteiger partial charge in [0.15, 0.2) is 0 Å². The van der Waals surface area contributed by atoms with Gasteiger partial charge in [-0.25, -0.2) is 4.98 Å². The molecule has 1 unspecified atom stereocenters. The number of fused-ring (bicyclic) bond motifs is 1. The van der Waals surface area contributed by atoms with Gasteiger partial charge in [0.25, 0.3) is 5.91 Å². The first kappa shape index (κ1) is 23.4. The lowest BCUT2D eigenvalue weighted by Crippen LogP contribution is -2.42. The van der Waals surface area contributed by atoms with Gasteiger partial charge >= 0.3 is 0 Å². The van der Waals surface area contributed by atoms with Crippen molar-refractivity contribution in [2.24, 2.45) is 5.73 Å². The van der Waals surface area contributed by atoms with E-state index in [9.17, 15) is 14.5 Å². The first-order valence-corrected chi connectivity index (χ1v) is 12.0. The van der Waals surface area contributed by atoms with Crippen LogP contribution in [0.2, 0.25) is 0 Å². The van der Waals surface area contributed by atoms with Crippen LogP contribution in [0.4, 0.5) is 0 Å². The SMILES string of the molecule is CC(C)(C)[S@@+]([O-])N1Cc2cc(C(N)=O)nc(-c3cccc(-c4cccnc4)c3)c2C1CCO. The Labute approximate surface area is 197 Å². The third kappa shape index (κ3) is 4.65. The average molecular weight is 465 g/mol. The minimum Gasteiger partial charge on any atom is -0.597 e. The van der Waals surface area contributed by atoms with E-state index in [0.717, 1.165) is 27.8 Å². The number of nitrogens with two attached hydrogens (primary N) is 1. The van der Waals surface area contributed by atoms with Crippen molar-refractivity contribution in [3.63, 3.8) is 0 Å². The smallest absolute Gasteiger partial charge is 0.267 e. The van der Waals surface area contributed by atoms with E-state index in [1.54, 1.807) is 18.5 Å². The first-order valence-electron chi connectivity index (χ1n) is 10.8. The lowest BCUT2D eigenvalue weighted by Gasteiger charge is -2.33. The number of aromatic nitrogens is 2. The van der Waals surface area contributed by atoms with Crippen LogP contribution < -0.4 is 5.73 Å². The van der Waals surface area contributed by atoms with Gasteiger partial charge in [-0.3, -0.25) is 9.78 Å². The van der Waals surface area contributed by atoms with Crippen molar-refractivity contribution in [1.82, 2.24) is 14.3 Å². The summed E-state index contributed by atoms with van der Waals surface area (Å²) in [6, 6.07) is 13.1. The summed E-state index contributed by atoms with van der Waals surface area (Å²) in [5.74, 6) is -0.614. The molecule has 172 valence electrons. The zero-order valence-electron chi connectivity index (χ0n) is 19.0. The van der Waals surface area contributed by atoms with E-state index >= 15 is 0 Å². The summed E-state index contributed by atoms with van der Waals surface area (Å²) < 4.78 is 14.8. The number of carbonyl (C=O) groups excluding carboxylic acids is 1. The lowest BCUT2D eigenvalue weighted by atomic mass is 9.94. The van der Waals surface area contributed by atoms with Gasteiger partial charge in [0.2, 0.25) is 0 Å². The van der Waals surface area contributed by atoms with Gasteiger partial charge in [0.05, 0.1) is 18.3 Å². The lowest BCUT2D eigenvalue weighted by molar-refractivity contribution is 0.0995. The molecule has 2 atom stereocenters. The third-order valence-electron chi connectivity index (χ3n) is 5.67. The zero-order valence-corrected chi connectivity index (χ0v) is 19.8. The number of hydrogen-bond acceptors (Lipinski definition) is 6. The second kappa shape index (κ2) is 9.23. The van der Waals surface area contributed by atoms with Crippen LogP contribution in [0.15, 0.2) is 54.9 Å². The van der Waals surface area contributed by atoms with E-state index in [4.69, 9.17) is 5.73 Å². The highest BCUT2D eigenvalue weighted by Gasteiger charge is 2.44. The van der Waals surface area contributed by atoms with Crippen LogP contribution in [0.5, 0.6) is 0 Å². The maximum absolute atomic E-state index is 13.4. The largest absolute Gasteiger partial charge is 0.597 e. The average Bonchev–Trinajstić information content (AvgIpc) is 3.16. The summed E-state index contributed by atoms with van der Waals surface area (Å²) in [5, 5.41) is 9.82. The predicted molar refractivity (Wildman–Crippen MR) is 129 cm³/mol. The Kier molecular flexibility index (Phi) is 6.54. The Balaban J connectivity index is 1.89. The van der Waals surface area contributed by atoms with E-state index in [1.807, 2.05) is 61.5 Å². The molecular weight excluding hydrogens is 436 g/mol. The van der Waals surface area contributed by atoms with Gasteiger partial charge in [-0.2, -0.15) is 0 Å². The van der Waals surface area contributed by atoms with E-state index in [0.29, 0.717) is 18.7 Å². The maximum Gasteiger partial charge on any atom is 0.267 e. The molecule has 8 heteroatoms. The summed E-state index contributed by atoms with van der Waals surface area (Å²) in [6.45, 7) is 6.10. The molecule has 3 N–H and O–H groups in total. The van der Waals surface area contributed by atoms with E-state index in [-0.39, 0.29) is 18.3 Å². The van der Waals surface area contributed by atoms with Crippen LogP contribution in [0.3, 0.4) is 0 Å². The molecule has 3 aromatic rings. The Morgan fingerprint density at radius 1 is 1.21 bits per heavy atom. The molecular formula is C25H28N4O3S. The van der Waals surface area contributed by atoms with Gasteiger partial charge in [-0.15, -0.1) is 4.31 Å². The molecule has 1 aliphatic heterocycles. The Bertz CT molecular complexity index is 1160. The standard InChI is InChI=1S/C25H28N4O3S/c1-25(2,3)33(32)29-15-19-13-20(24(26)31)28-23(22(19)21(29)9-11-30)17-7-4-6-16(12-17)18-8-5-10-27-14-18/h4-8,10,12-14,21,30H,9,11,15H2,1-3H3,(H2,26,31)/t21?,33-/m1/s1. The van der Waals surface area contributed by atoms with E-state index < -0.39 is 22.0 Å². The maximum atomic E-state index is 13.4. The monoisotopic (exact) mass is 464 g/mol. The van der Waals surface area contributed by atoms with Crippen molar-refractivity contribution in [2.45, 2.75) is 44.5 Å². The Morgan fingerprint density at radius 3 is 2.58 bits per heavy atom. The number of aliphatic hydroxyl groups is 1. The molecule has 1 aliphatic rings. The summed E-state index contributed by atoms with van der Waals surface area (Å²) in [7, 11) is 0. The number of rotatable bonds is 6. The van der Waals surface area contributed by atoms with Crippen LogP contribution in [0.25, 0.3) is 22.4 Å². The summed E-state index contributed by atoms with van der Waals surface area (Å²) in [6.07, 6.45) is 3.92. The molecule has 0 aliphatic carbocycles. The number of primary amides is 1. The fourth-order valence-corrected chi connectivity index (χ4v) is 5.60.